The number of rotatable bonds is 0. The van der Waals surface area contributed by atoms with Gasteiger partial charge in [-0.05, 0) is 22.3 Å². The van der Waals surface area contributed by atoms with Gasteiger partial charge in [0.1, 0.15) is 17.3 Å². The van der Waals surface area contributed by atoms with E-state index in [4.69, 9.17) is 0 Å². The Balaban J connectivity index is 2.33. The molecular formula is C4H4O2S2. The fraction of sp³-hybridized carbons (Fsp3) is 0. The molecule has 1 aliphatic heterocycles. The molecule has 0 saturated heterocycles. The summed E-state index contributed by atoms with van der Waals surface area (Å²) in [4.78, 5) is 4.48. The highest BCUT2D eigenvalue weighted by atomic mass is 33.1. The first-order valence-corrected chi connectivity index (χ1v) is 4.11. The molecule has 1 aliphatic rings. The zero-order valence-electron chi connectivity index (χ0n) is 3.94. The molecule has 0 aliphatic carbocycles. The second kappa shape index (κ2) is 3.88. The lowest BCUT2D eigenvalue weighted by molar-refractivity contribution is -0.127. The van der Waals surface area contributed by atoms with Crippen molar-refractivity contribution in [3.8, 4) is 0 Å². The van der Waals surface area contributed by atoms with Crippen molar-refractivity contribution in [1.29, 1.82) is 0 Å². The molecule has 0 N–H and O–H groups in total. The molecule has 0 aromatic carbocycles. The molecule has 0 saturated carbocycles. The van der Waals surface area contributed by atoms with Crippen LogP contribution in [0.1, 0.15) is 0 Å². The zero-order valence-corrected chi connectivity index (χ0v) is 5.58. The molecule has 0 aromatic rings. The molecule has 0 fully saturated rings. The van der Waals surface area contributed by atoms with Crippen LogP contribution in [0.25, 0.3) is 0 Å². The van der Waals surface area contributed by atoms with Gasteiger partial charge in [-0.25, -0.2) is 0 Å². The Labute approximate surface area is 55.5 Å². The lowest BCUT2D eigenvalue weighted by Crippen LogP contribution is -1.72. The van der Waals surface area contributed by atoms with Gasteiger partial charge >= 0.3 is 0 Å². The minimum atomic E-state index is 1.19. The first-order valence-electron chi connectivity index (χ1n) is 1.97. The van der Waals surface area contributed by atoms with Crippen LogP contribution in [0.2, 0.25) is 0 Å². The summed E-state index contributed by atoms with van der Waals surface area (Å²) in [5.74, 6) is 0. The highest BCUT2D eigenvalue weighted by Crippen LogP contribution is 2.24. The van der Waals surface area contributed by atoms with E-state index in [0.29, 0.717) is 0 Å². The largest absolute Gasteiger partial charge is 0.332 e. The van der Waals surface area contributed by atoms with Crippen molar-refractivity contribution in [2.75, 3.05) is 0 Å². The van der Waals surface area contributed by atoms with Crippen LogP contribution in [0.3, 0.4) is 0 Å². The molecule has 1 rings (SSSR count). The second-order valence-corrected chi connectivity index (χ2v) is 2.71. The predicted molar refractivity (Wildman–Crippen MR) is 35.6 cm³/mol. The molecule has 8 heavy (non-hydrogen) atoms. The van der Waals surface area contributed by atoms with Crippen molar-refractivity contribution >= 4 is 21.9 Å². The first kappa shape index (κ1) is 6.07. The van der Waals surface area contributed by atoms with Crippen molar-refractivity contribution in [3.63, 3.8) is 0 Å². The zero-order chi connectivity index (χ0) is 5.66. The lowest BCUT2D eigenvalue weighted by Gasteiger charge is -1.95. The van der Waals surface area contributed by atoms with Crippen molar-refractivity contribution in [2.45, 2.75) is 0 Å². The number of allylic oxidation sites excluding steroid dienone is 2. The highest BCUT2D eigenvalue weighted by Gasteiger charge is 1.86. The van der Waals surface area contributed by atoms with Crippen LogP contribution in [0.5, 0.6) is 0 Å². The van der Waals surface area contributed by atoms with Gasteiger partial charge in [-0.1, -0.05) is 6.08 Å². The molecule has 0 amide bonds. The summed E-state index contributed by atoms with van der Waals surface area (Å²) < 4.78 is 4.52. The third kappa shape index (κ3) is 2.30. The third-order valence-electron chi connectivity index (χ3n) is 0.486. The minimum Gasteiger partial charge on any atom is -0.332 e. The molecule has 0 radical (unpaired) electrons. The molecule has 44 valence electrons. The number of hydrogen-bond acceptors (Lipinski definition) is 4. The molecule has 2 nitrogen and oxygen atoms in total. The van der Waals surface area contributed by atoms with Gasteiger partial charge in [0.15, 0.2) is 0 Å². The van der Waals surface area contributed by atoms with Crippen molar-refractivity contribution in [3.05, 3.63) is 23.8 Å². The maximum atomic E-state index is 4.52. The molecule has 0 unspecified atom stereocenters. The standard InChI is InChI=1S/C4H4O2S2/c1-2-4-7-8-6-5-3-1/h1-4H. The summed E-state index contributed by atoms with van der Waals surface area (Å²) in [6, 6.07) is 0. The topological polar surface area (TPSA) is 18.5 Å². The van der Waals surface area contributed by atoms with Crippen molar-refractivity contribution < 1.29 is 9.22 Å². The Kier molecular flexibility index (Phi) is 2.95. The second-order valence-electron chi connectivity index (χ2n) is 0.986. The van der Waals surface area contributed by atoms with Crippen LogP contribution in [0.4, 0.5) is 0 Å². The van der Waals surface area contributed by atoms with Crippen LogP contribution >= 0.6 is 21.9 Å². The fourth-order valence-corrected chi connectivity index (χ4v) is 1.06. The van der Waals surface area contributed by atoms with Gasteiger partial charge in [0, 0.05) is 0 Å². The Morgan fingerprint density at radius 2 is 2.25 bits per heavy atom. The van der Waals surface area contributed by atoms with Crippen LogP contribution in [0.15, 0.2) is 23.8 Å². The SMILES string of the molecule is C1=COOSSC=C1. The number of hydrogen-bond donors (Lipinski definition) is 0. The fourth-order valence-electron chi connectivity index (χ4n) is 0.232. The summed E-state index contributed by atoms with van der Waals surface area (Å²) in [6.45, 7) is 0. The highest BCUT2D eigenvalue weighted by molar-refractivity contribution is 8.76. The Morgan fingerprint density at radius 1 is 1.25 bits per heavy atom. The van der Waals surface area contributed by atoms with Gasteiger partial charge < -0.3 is 4.89 Å². The first-order chi connectivity index (χ1) is 4.00. The van der Waals surface area contributed by atoms with E-state index < -0.39 is 0 Å². The van der Waals surface area contributed by atoms with Gasteiger partial charge in [0.05, 0.1) is 0 Å². The van der Waals surface area contributed by atoms with Crippen molar-refractivity contribution in [1.82, 2.24) is 0 Å². The summed E-state index contributed by atoms with van der Waals surface area (Å²) in [7, 11) is 1.47. The average molecular weight is 148 g/mol. The quantitative estimate of drug-likeness (QED) is 0.298. The summed E-state index contributed by atoms with van der Waals surface area (Å²) in [5.41, 5.74) is 0. The molecule has 0 spiro atoms. The smallest absolute Gasteiger partial charge is 0.131 e. The summed E-state index contributed by atoms with van der Waals surface area (Å²) in [5, 5.41) is 1.91. The van der Waals surface area contributed by atoms with Gasteiger partial charge in [-0.3, -0.25) is 0 Å². The predicted octanol–water partition coefficient (Wildman–Crippen LogP) is 2.27. The lowest BCUT2D eigenvalue weighted by atomic mass is 10.6. The van der Waals surface area contributed by atoms with E-state index >= 15 is 0 Å². The molecule has 1 heterocycles. The minimum absolute atomic E-state index is 1.19. The van der Waals surface area contributed by atoms with E-state index in [-0.39, 0.29) is 0 Å². The van der Waals surface area contributed by atoms with E-state index in [1.807, 2.05) is 11.5 Å². The maximum absolute atomic E-state index is 4.52. The molecular weight excluding hydrogens is 144 g/mol. The summed E-state index contributed by atoms with van der Waals surface area (Å²) >= 11 is 1.19. The van der Waals surface area contributed by atoms with Crippen molar-refractivity contribution in [2.24, 2.45) is 0 Å². The van der Waals surface area contributed by atoms with E-state index in [1.165, 1.54) is 28.1 Å². The van der Waals surface area contributed by atoms with E-state index in [0.717, 1.165) is 0 Å². The third-order valence-corrected chi connectivity index (χ3v) is 1.70. The van der Waals surface area contributed by atoms with Gasteiger partial charge in [0.2, 0.25) is 0 Å². The van der Waals surface area contributed by atoms with Crippen LogP contribution < -0.4 is 0 Å². The summed E-state index contributed by atoms with van der Waals surface area (Å²) in [6.07, 6.45) is 5.11. The Hall–Kier alpha value is -0.0600. The van der Waals surface area contributed by atoms with Crippen LogP contribution in [-0.4, -0.2) is 0 Å². The molecule has 0 bridgehead atoms. The van der Waals surface area contributed by atoms with E-state index in [9.17, 15) is 0 Å². The van der Waals surface area contributed by atoms with Gasteiger partial charge in [-0.15, -0.1) is 4.33 Å². The van der Waals surface area contributed by atoms with Gasteiger partial charge in [0.25, 0.3) is 0 Å². The monoisotopic (exact) mass is 148 g/mol. The Bertz CT molecular complexity index is 96.6. The molecule has 0 atom stereocenters. The normalized spacial score (nSPS) is 19.0. The van der Waals surface area contributed by atoms with E-state index in [1.54, 1.807) is 6.08 Å². The van der Waals surface area contributed by atoms with Crippen LogP contribution in [0, 0.1) is 0 Å². The van der Waals surface area contributed by atoms with Crippen LogP contribution in [-0.2, 0) is 9.22 Å². The average Bonchev–Trinajstić information content (AvgIpc) is 1.62. The molecule has 4 heteroatoms. The van der Waals surface area contributed by atoms with E-state index in [2.05, 4.69) is 9.22 Å². The molecule has 0 aromatic heterocycles. The maximum Gasteiger partial charge on any atom is 0.131 e. The van der Waals surface area contributed by atoms with Gasteiger partial charge in [-0.2, -0.15) is 0 Å². The Morgan fingerprint density at radius 3 is 3.25 bits per heavy atom.